The smallest absolute Gasteiger partial charge is 0.252 e. The van der Waals surface area contributed by atoms with Crippen molar-refractivity contribution in [3.63, 3.8) is 0 Å². The number of nitrogens with zero attached hydrogens (tertiary/aromatic N) is 2. The van der Waals surface area contributed by atoms with E-state index in [1.165, 1.54) is 0 Å². The van der Waals surface area contributed by atoms with Gasteiger partial charge in [-0.25, -0.2) is 13.9 Å². The Morgan fingerprint density at radius 3 is 2.76 bits per heavy atom. The highest BCUT2D eigenvalue weighted by atomic mass is 32.2. The Kier molecular flexibility index (Phi) is 4.90. The Labute approximate surface area is 152 Å². The van der Waals surface area contributed by atoms with E-state index < -0.39 is 11.0 Å². The van der Waals surface area contributed by atoms with E-state index in [9.17, 15) is 9.00 Å². The van der Waals surface area contributed by atoms with Crippen LogP contribution in [0, 0.1) is 0 Å². The molecule has 1 unspecified atom stereocenters. The van der Waals surface area contributed by atoms with Crippen molar-refractivity contribution in [3.8, 4) is 0 Å². The molecule has 138 valence electrons. The molecule has 0 spiro atoms. The minimum absolute atomic E-state index is 0.0455. The third-order valence-electron chi connectivity index (χ3n) is 4.91. The van der Waals surface area contributed by atoms with E-state index in [1.54, 1.807) is 0 Å². The molecule has 1 aromatic heterocycles. The summed E-state index contributed by atoms with van der Waals surface area (Å²) in [6.45, 7) is 11.4. The maximum Gasteiger partial charge on any atom is 0.252 e. The summed E-state index contributed by atoms with van der Waals surface area (Å²) in [5.41, 5.74) is 2.45. The van der Waals surface area contributed by atoms with Crippen molar-refractivity contribution >= 4 is 22.7 Å². The number of fused-ring (bicyclic) bond motifs is 1. The number of anilines is 1. The molecule has 0 bridgehead atoms. The Morgan fingerprint density at radius 2 is 2.16 bits per heavy atom. The number of hydrogen-bond donors (Lipinski definition) is 2. The molecule has 7 heteroatoms. The zero-order valence-corrected chi connectivity index (χ0v) is 16.5. The lowest BCUT2D eigenvalue weighted by atomic mass is 10.0. The molecule has 0 aromatic carbocycles. The van der Waals surface area contributed by atoms with Crippen molar-refractivity contribution in [3.05, 3.63) is 22.9 Å². The van der Waals surface area contributed by atoms with E-state index in [2.05, 4.69) is 21.9 Å². The van der Waals surface area contributed by atoms with E-state index in [4.69, 9.17) is 4.98 Å². The summed E-state index contributed by atoms with van der Waals surface area (Å²) >= 11 is 0. The van der Waals surface area contributed by atoms with Crippen LogP contribution in [0.2, 0.25) is 0 Å². The standard InChI is InChI=1S/C18H28N4O2S/c1-11-7-6-8-22(11)15-9-13-14(10-19-17(13)23)16(20-15)12(2)21-25(24)18(3,4)5/h9,11-12,21H,6-8,10H2,1-5H3,(H,19,23)/t11-,12+,25?/m1/s1. The molecule has 2 aliphatic heterocycles. The van der Waals surface area contributed by atoms with E-state index in [0.717, 1.165) is 36.5 Å². The second-order valence-electron chi connectivity index (χ2n) is 7.98. The number of carbonyl (C=O) groups is 1. The Balaban J connectivity index is 1.97. The van der Waals surface area contributed by atoms with Crippen LogP contribution in [-0.2, 0) is 17.5 Å². The number of nitrogens with one attached hydrogen (secondary N) is 2. The molecule has 3 heterocycles. The largest absolute Gasteiger partial charge is 0.354 e. The summed E-state index contributed by atoms with van der Waals surface area (Å²) < 4.78 is 15.3. The Hall–Kier alpha value is -1.47. The third-order valence-corrected chi connectivity index (χ3v) is 6.59. The second kappa shape index (κ2) is 6.68. The molecule has 3 atom stereocenters. The van der Waals surface area contributed by atoms with Gasteiger partial charge in [0.2, 0.25) is 0 Å². The number of amides is 1. The van der Waals surface area contributed by atoms with Crippen molar-refractivity contribution < 1.29 is 9.00 Å². The quantitative estimate of drug-likeness (QED) is 0.860. The molecule has 1 amide bonds. The Morgan fingerprint density at radius 1 is 1.44 bits per heavy atom. The Bertz CT molecular complexity index is 714. The minimum atomic E-state index is -1.20. The van der Waals surface area contributed by atoms with E-state index in [1.807, 2.05) is 33.8 Å². The molecule has 0 saturated carbocycles. The summed E-state index contributed by atoms with van der Waals surface area (Å²) in [6, 6.07) is 2.14. The molecule has 1 aromatic rings. The average molecular weight is 365 g/mol. The SMILES string of the molecule is C[C@H](NS(=O)C(C)(C)C)c1nc(N2CCC[C@H]2C)cc2c1CNC2=O. The number of aromatic nitrogens is 1. The van der Waals surface area contributed by atoms with Gasteiger partial charge in [-0.3, -0.25) is 4.79 Å². The maximum atomic E-state index is 12.5. The topological polar surface area (TPSA) is 74.3 Å². The predicted molar refractivity (Wildman–Crippen MR) is 101 cm³/mol. The van der Waals surface area contributed by atoms with Gasteiger partial charge >= 0.3 is 0 Å². The zero-order chi connectivity index (χ0) is 18.4. The molecule has 0 radical (unpaired) electrons. The van der Waals surface area contributed by atoms with Crippen LogP contribution in [-0.4, -0.2) is 32.4 Å². The lowest BCUT2D eigenvalue weighted by molar-refractivity contribution is 0.0965. The molecular formula is C18H28N4O2S. The normalized spacial score (nSPS) is 22.7. The van der Waals surface area contributed by atoms with Crippen LogP contribution in [0.4, 0.5) is 5.82 Å². The van der Waals surface area contributed by atoms with Crippen molar-refractivity contribution in [2.45, 2.75) is 70.8 Å². The third kappa shape index (κ3) is 3.58. The highest BCUT2D eigenvalue weighted by molar-refractivity contribution is 7.84. The fraction of sp³-hybridized carbons (Fsp3) is 0.667. The lowest BCUT2D eigenvalue weighted by Gasteiger charge is -2.26. The molecule has 2 N–H and O–H groups in total. The van der Waals surface area contributed by atoms with Crippen LogP contribution in [0.15, 0.2) is 6.07 Å². The van der Waals surface area contributed by atoms with Gasteiger partial charge in [0.05, 0.1) is 27.5 Å². The zero-order valence-electron chi connectivity index (χ0n) is 15.7. The first kappa shape index (κ1) is 18.3. The van der Waals surface area contributed by atoms with Crippen molar-refractivity contribution in [1.82, 2.24) is 15.0 Å². The first-order valence-corrected chi connectivity index (χ1v) is 10.1. The van der Waals surface area contributed by atoms with E-state index in [-0.39, 0.29) is 16.7 Å². The van der Waals surface area contributed by atoms with Crippen LogP contribution in [0.25, 0.3) is 0 Å². The van der Waals surface area contributed by atoms with Crippen LogP contribution in [0.3, 0.4) is 0 Å². The molecular weight excluding hydrogens is 336 g/mol. The fourth-order valence-corrected chi connectivity index (χ4v) is 4.19. The van der Waals surface area contributed by atoms with E-state index in [0.29, 0.717) is 18.2 Å². The second-order valence-corrected chi connectivity index (χ2v) is 9.98. The van der Waals surface area contributed by atoms with Gasteiger partial charge in [-0.15, -0.1) is 0 Å². The molecule has 2 aliphatic rings. The fourth-order valence-electron chi connectivity index (χ4n) is 3.40. The number of hydrogen-bond acceptors (Lipinski definition) is 4. The number of pyridine rings is 1. The molecule has 3 rings (SSSR count). The van der Waals surface area contributed by atoms with Crippen molar-refractivity contribution in [1.29, 1.82) is 0 Å². The summed E-state index contributed by atoms with van der Waals surface area (Å²) in [7, 11) is -1.20. The van der Waals surface area contributed by atoms with Crippen molar-refractivity contribution in [2.75, 3.05) is 11.4 Å². The molecule has 1 fully saturated rings. The molecule has 1 saturated heterocycles. The van der Waals surface area contributed by atoms with Gasteiger partial charge in [-0.2, -0.15) is 0 Å². The summed E-state index contributed by atoms with van der Waals surface area (Å²) in [5.74, 6) is 0.807. The van der Waals surface area contributed by atoms with Gasteiger partial charge in [0.15, 0.2) is 0 Å². The van der Waals surface area contributed by atoms with Crippen LogP contribution < -0.4 is 14.9 Å². The summed E-state index contributed by atoms with van der Waals surface area (Å²) in [4.78, 5) is 19.4. The minimum Gasteiger partial charge on any atom is -0.354 e. The van der Waals surface area contributed by atoms with Gasteiger partial charge in [0, 0.05) is 30.3 Å². The van der Waals surface area contributed by atoms with Crippen LogP contribution in [0.1, 0.15) is 75.1 Å². The highest BCUT2D eigenvalue weighted by Crippen LogP contribution is 2.31. The molecule has 0 aliphatic carbocycles. The summed E-state index contributed by atoms with van der Waals surface area (Å²) in [6.07, 6.45) is 2.28. The lowest BCUT2D eigenvalue weighted by Crippen LogP contribution is -2.36. The summed E-state index contributed by atoms with van der Waals surface area (Å²) in [5, 5.41) is 2.89. The first-order chi connectivity index (χ1) is 11.7. The average Bonchev–Trinajstić information content (AvgIpc) is 3.12. The van der Waals surface area contributed by atoms with Gasteiger partial charge in [-0.05, 0) is 53.5 Å². The van der Waals surface area contributed by atoms with Gasteiger partial charge in [0.1, 0.15) is 5.82 Å². The first-order valence-electron chi connectivity index (χ1n) is 8.95. The van der Waals surface area contributed by atoms with Crippen LogP contribution >= 0.6 is 0 Å². The maximum absolute atomic E-state index is 12.5. The monoisotopic (exact) mass is 364 g/mol. The molecule has 25 heavy (non-hydrogen) atoms. The highest BCUT2D eigenvalue weighted by Gasteiger charge is 2.31. The number of rotatable bonds is 4. The van der Waals surface area contributed by atoms with Gasteiger partial charge in [-0.1, -0.05) is 0 Å². The molecule has 6 nitrogen and oxygen atoms in total. The van der Waals surface area contributed by atoms with Crippen molar-refractivity contribution in [2.24, 2.45) is 0 Å². The number of carbonyl (C=O) groups excluding carboxylic acids is 1. The van der Waals surface area contributed by atoms with E-state index >= 15 is 0 Å². The van der Waals surface area contributed by atoms with Gasteiger partial charge < -0.3 is 10.2 Å². The van der Waals surface area contributed by atoms with Crippen LogP contribution in [0.5, 0.6) is 0 Å². The predicted octanol–water partition coefficient (Wildman–Crippen LogP) is 2.43. The van der Waals surface area contributed by atoms with Gasteiger partial charge in [0.25, 0.3) is 5.91 Å².